The summed E-state index contributed by atoms with van der Waals surface area (Å²) in [5.41, 5.74) is 0.204. The zero-order valence-electron chi connectivity index (χ0n) is 14.7. The van der Waals surface area contributed by atoms with Crippen molar-refractivity contribution in [1.82, 2.24) is 0 Å². The van der Waals surface area contributed by atoms with E-state index in [1.807, 2.05) is 0 Å². The molecule has 0 saturated carbocycles. The predicted molar refractivity (Wildman–Crippen MR) is 90.0 cm³/mol. The molecular formula is C17H25NO6. The number of hydrogen-bond acceptors (Lipinski definition) is 5. The van der Waals surface area contributed by atoms with E-state index in [-0.39, 0.29) is 28.7 Å². The fraction of sp³-hybridized carbons (Fsp3) is 0.529. The zero-order chi connectivity index (χ0) is 18.3. The molecule has 0 aliphatic heterocycles. The second-order valence-corrected chi connectivity index (χ2v) is 5.75. The van der Waals surface area contributed by atoms with Crippen LogP contribution in [0.5, 0.6) is 11.5 Å². The normalized spacial score (nSPS) is 11.9. The lowest BCUT2D eigenvalue weighted by atomic mass is 10.1. The Kier molecular flexibility index (Phi) is 7.51. The van der Waals surface area contributed by atoms with Gasteiger partial charge in [-0.1, -0.05) is 13.8 Å². The second kappa shape index (κ2) is 9.12. The average Bonchev–Trinajstić information content (AvgIpc) is 2.53. The summed E-state index contributed by atoms with van der Waals surface area (Å²) in [5, 5.41) is 11.8. The first-order valence-electron chi connectivity index (χ1n) is 7.71. The molecule has 1 unspecified atom stereocenters. The summed E-state index contributed by atoms with van der Waals surface area (Å²) in [6.45, 7) is 6.26. The molecule has 134 valence electrons. The van der Waals surface area contributed by atoms with Crippen molar-refractivity contribution in [2.24, 2.45) is 5.92 Å². The van der Waals surface area contributed by atoms with Crippen molar-refractivity contribution in [2.75, 3.05) is 26.1 Å². The minimum atomic E-state index is -1.13. The minimum Gasteiger partial charge on any atom is -0.493 e. The van der Waals surface area contributed by atoms with Crippen LogP contribution in [-0.4, -0.2) is 43.9 Å². The Morgan fingerprint density at radius 3 is 2.33 bits per heavy atom. The van der Waals surface area contributed by atoms with E-state index in [1.54, 1.807) is 6.92 Å². The molecular weight excluding hydrogens is 314 g/mol. The number of nitrogens with one attached hydrogen (secondary N) is 1. The van der Waals surface area contributed by atoms with Crippen molar-refractivity contribution in [3.63, 3.8) is 0 Å². The lowest BCUT2D eigenvalue weighted by Crippen LogP contribution is -2.28. The molecule has 1 amide bonds. The van der Waals surface area contributed by atoms with E-state index < -0.39 is 12.1 Å². The SMILES string of the molecule is COc1cc(C(=O)O)cc(NC(=O)C(C)OCCC(C)C)c1OC. The van der Waals surface area contributed by atoms with Crippen LogP contribution in [0.3, 0.4) is 0 Å². The van der Waals surface area contributed by atoms with Gasteiger partial charge in [0.1, 0.15) is 6.10 Å². The van der Waals surface area contributed by atoms with Gasteiger partial charge in [-0.2, -0.15) is 0 Å². The summed E-state index contributed by atoms with van der Waals surface area (Å²) >= 11 is 0. The Morgan fingerprint density at radius 1 is 1.17 bits per heavy atom. The van der Waals surface area contributed by atoms with Gasteiger partial charge in [-0.3, -0.25) is 4.79 Å². The van der Waals surface area contributed by atoms with Crippen LogP contribution in [0.15, 0.2) is 12.1 Å². The van der Waals surface area contributed by atoms with Crippen molar-refractivity contribution in [3.05, 3.63) is 17.7 Å². The maximum Gasteiger partial charge on any atom is 0.335 e. The van der Waals surface area contributed by atoms with E-state index >= 15 is 0 Å². The largest absolute Gasteiger partial charge is 0.493 e. The molecule has 0 saturated heterocycles. The first kappa shape index (κ1) is 19.8. The Labute approximate surface area is 141 Å². The van der Waals surface area contributed by atoms with Crippen LogP contribution in [0, 0.1) is 5.92 Å². The fourth-order valence-corrected chi connectivity index (χ4v) is 1.97. The molecule has 7 heteroatoms. The van der Waals surface area contributed by atoms with Gasteiger partial charge >= 0.3 is 5.97 Å². The molecule has 0 aliphatic carbocycles. The van der Waals surface area contributed by atoms with Crippen LogP contribution < -0.4 is 14.8 Å². The number of carboxylic acids is 1. The molecule has 1 aromatic carbocycles. The van der Waals surface area contributed by atoms with Gasteiger partial charge in [-0.15, -0.1) is 0 Å². The monoisotopic (exact) mass is 339 g/mol. The molecule has 0 fully saturated rings. The van der Waals surface area contributed by atoms with Crippen LogP contribution in [0.25, 0.3) is 0 Å². The highest BCUT2D eigenvalue weighted by atomic mass is 16.5. The first-order chi connectivity index (χ1) is 11.3. The third-order valence-electron chi connectivity index (χ3n) is 3.42. The van der Waals surface area contributed by atoms with Crippen molar-refractivity contribution in [1.29, 1.82) is 0 Å². The van der Waals surface area contributed by atoms with Crippen molar-refractivity contribution >= 4 is 17.6 Å². The number of rotatable bonds is 9. The fourth-order valence-electron chi connectivity index (χ4n) is 1.97. The highest BCUT2D eigenvalue weighted by molar-refractivity contribution is 5.98. The van der Waals surface area contributed by atoms with Gasteiger partial charge in [0.25, 0.3) is 5.91 Å². The maximum atomic E-state index is 12.3. The lowest BCUT2D eigenvalue weighted by molar-refractivity contribution is -0.126. The average molecular weight is 339 g/mol. The maximum absolute atomic E-state index is 12.3. The zero-order valence-corrected chi connectivity index (χ0v) is 14.7. The van der Waals surface area contributed by atoms with E-state index in [1.165, 1.54) is 26.4 Å². The summed E-state index contributed by atoms with van der Waals surface area (Å²) in [4.78, 5) is 23.5. The molecule has 0 bridgehead atoms. The number of carbonyl (C=O) groups excluding carboxylic acids is 1. The molecule has 0 aliphatic rings. The predicted octanol–water partition coefficient (Wildman–Crippen LogP) is 2.79. The molecule has 0 radical (unpaired) electrons. The number of amides is 1. The lowest BCUT2D eigenvalue weighted by Gasteiger charge is -2.17. The van der Waals surface area contributed by atoms with Crippen LogP contribution in [0.1, 0.15) is 37.6 Å². The summed E-state index contributed by atoms with van der Waals surface area (Å²) < 4.78 is 15.8. The summed E-state index contributed by atoms with van der Waals surface area (Å²) in [7, 11) is 2.81. The number of aromatic carboxylic acids is 1. The van der Waals surface area contributed by atoms with E-state index in [9.17, 15) is 14.7 Å². The number of carboxylic acid groups (broad SMARTS) is 1. The number of benzene rings is 1. The van der Waals surface area contributed by atoms with Crippen LogP contribution in [-0.2, 0) is 9.53 Å². The molecule has 7 nitrogen and oxygen atoms in total. The van der Waals surface area contributed by atoms with Crippen molar-refractivity contribution < 1.29 is 28.9 Å². The van der Waals surface area contributed by atoms with E-state index in [0.29, 0.717) is 12.5 Å². The second-order valence-electron chi connectivity index (χ2n) is 5.75. The molecule has 0 heterocycles. The van der Waals surface area contributed by atoms with Gasteiger partial charge < -0.3 is 24.6 Å². The van der Waals surface area contributed by atoms with Crippen LogP contribution in [0.2, 0.25) is 0 Å². The van der Waals surface area contributed by atoms with Gasteiger partial charge in [0.2, 0.25) is 0 Å². The van der Waals surface area contributed by atoms with E-state index in [2.05, 4.69) is 19.2 Å². The Balaban J connectivity index is 2.93. The van der Waals surface area contributed by atoms with Gasteiger partial charge in [0.05, 0.1) is 25.5 Å². The quantitative estimate of drug-likeness (QED) is 0.718. The molecule has 1 aromatic rings. The summed E-state index contributed by atoms with van der Waals surface area (Å²) in [6.07, 6.45) is 0.177. The van der Waals surface area contributed by atoms with E-state index in [4.69, 9.17) is 14.2 Å². The number of methoxy groups -OCH3 is 2. The van der Waals surface area contributed by atoms with Gasteiger partial charge in [-0.05, 0) is 31.4 Å². The molecule has 0 spiro atoms. The standard InChI is InChI=1S/C17H25NO6/c1-10(2)6-7-24-11(3)16(19)18-13-8-12(17(20)21)9-14(22-4)15(13)23-5/h8-11H,6-7H2,1-5H3,(H,18,19)(H,20,21). The molecule has 1 rings (SSSR count). The van der Waals surface area contributed by atoms with Gasteiger partial charge in [-0.25, -0.2) is 4.79 Å². The highest BCUT2D eigenvalue weighted by Crippen LogP contribution is 2.36. The topological polar surface area (TPSA) is 94.1 Å². The first-order valence-corrected chi connectivity index (χ1v) is 7.71. The number of carbonyl (C=O) groups is 2. The third kappa shape index (κ3) is 5.42. The highest BCUT2D eigenvalue weighted by Gasteiger charge is 2.20. The number of anilines is 1. The van der Waals surface area contributed by atoms with Gasteiger partial charge in [0.15, 0.2) is 11.5 Å². The molecule has 1 atom stereocenters. The number of ether oxygens (including phenoxy) is 3. The van der Waals surface area contributed by atoms with Gasteiger partial charge in [0, 0.05) is 6.61 Å². The summed E-state index contributed by atoms with van der Waals surface area (Å²) in [5.74, 6) is -0.558. The summed E-state index contributed by atoms with van der Waals surface area (Å²) in [6, 6.07) is 2.65. The number of hydrogen-bond donors (Lipinski definition) is 2. The third-order valence-corrected chi connectivity index (χ3v) is 3.42. The smallest absolute Gasteiger partial charge is 0.335 e. The van der Waals surface area contributed by atoms with Crippen LogP contribution >= 0.6 is 0 Å². The molecule has 2 N–H and O–H groups in total. The van der Waals surface area contributed by atoms with Crippen molar-refractivity contribution in [3.8, 4) is 11.5 Å². The Bertz CT molecular complexity index is 585. The van der Waals surface area contributed by atoms with E-state index in [0.717, 1.165) is 6.42 Å². The Morgan fingerprint density at radius 2 is 1.83 bits per heavy atom. The minimum absolute atomic E-state index is 0.0173. The Hall–Kier alpha value is -2.28. The van der Waals surface area contributed by atoms with Crippen LogP contribution in [0.4, 0.5) is 5.69 Å². The van der Waals surface area contributed by atoms with Crippen molar-refractivity contribution in [2.45, 2.75) is 33.3 Å². The molecule has 0 aromatic heterocycles. The molecule has 24 heavy (non-hydrogen) atoms.